The van der Waals surface area contributed by atoms with Gasteiger partial charge in [-0.3, -0.25) is 0 Å². The first-order valence-electron chi connectivity index (χ1n) is 3.72. The molecule has 0 aliphatic heterocycles. The number of allylic oxidation sites excluding steroid dienone is 1. The van der Waals surface area contributed by atoms with E-state index < -0.39 is 0 Å². The van der Waals surface area contributed by atoms with E-state index in [9.17, 15) is 4.79 Å². The van der Waals surface area contributed by atoms with Gasteiger partial charge in [0.1, 0.15) is 0 Å². The molecule has 68 valence electrons. The van der Waals surface area contributed by atoms with Gasteiger partial charge in [-0.25, -0.2) is 4.79 Å². The Morgan fingerprint density at radius 1 is 1.58 bits per heavy atom. The summed E-state index contributed by atoms with van der Waals surface area (Å²) >= 11 is 0. The Morgan fingerprint density at radius 2 is 2.17 bits per heavy atom. The SMILES string of the molecule is C=C(C)C(=O)OCCC=C(C)O. The first-order chi connectivity index (χ1) is 5.54. The standard InChI is InChI=1S/C9H14O3/c1-7(2)9(11)12-6-4-5-8(3)10/h5,10H,1,4,6H2,2-3H3. The number of carbonyl (C=O) groups is 1. The minimum Gasteiger partial charge on any atom is -0.513 e. The lowest BCUT2D eigenvalue weighted by Gasteiger charge is -2.00. The van der Waals surface area contributed by atoms with Gasteiger partial charge in [-0.05, 0) is 19.9 Å². The summed E-state index contributed by atoms with van der Waals surface area (Å²) in [5.74, 6) is -0.152. The van der Waals surface area contributed by atoms with E-state index in [-0.39, 0.29) is 18.3 Å². The smallest absolute Gasteiger partial charge is 0.333 e. The highest BCUT2D eigenvalue weighted by molar-refractivity contribution is 5.86. The Bertz CT molecular complexity index is 200. The van der Waals surface area contributed by atoms with E-state index in [1.807, 2.05) is 0 Å². The highest BCUT2D eigenvalue weighted by Crippen LogP contribution is 1.95. The molecule has 0 aliphatic rings. The molecule has 0 aromatic rings. The molecule has 12 heavy (non-hydrogen) atoms. The van der Waals surface area contributed by atoms with E-state index in [0.29, 0.717) is 12.0 Å². The highest BCUT2D eigenvalue weighted by atomic mass is 16.5. The lowest BCUT2D eigenvalue weighted by molar-refractivity contribution is -0.138. The third-order valence-corrected chi connectivity index (χ3v) is 1.14. The largest absolute Gasteiger partial charge is 0.513 e. The van der Waals surface area contributed by atoms with Crippen molar-refractivity contribution in [1.82, 2.24) is 0 Å². The summed E-state index contributed by atoms with van der Waals surface area (Å²) in [5.41, 5.74) is 0.389. The van der Waals surface area contributed by atoms with Crippen molar-refractivity contribution in [2.45, 2.75) is 20.3 Å². The molecule has 0 heterocycles. The lowest BCUT2D eigenvalue weighted by Crippen LogP contribution is -2.05. The highest BCUT2D eigenvalue weighted by Gasteiger charge is 2.00. The number of hydrogen-bond donors (Lipinski definition) is 1. The van der Waals surface area contributed by atoms with Gasteiger partial charge in [0.05, 0.1) is 12.4 Å². The number of aliphatic hydroxyl groups excluding tert-OH is 1. The molecule has 0 amide bonds. The third kappa shape index (κ3) is 5.53. The summed E-state index contributed by atoms with van der Waals surface area (Å²) < 4.78 is 4.76. The number of hydrogen-bond acceptors (Lipinski definition) is 3. The molecule has 0 spiro atoms. The van der Waals surface area contributed by atoms with Gasteiger partial charge in [-0.1, -0.05) is 6.58 Å². The maximum Gasteiger partial charge on any atom is 0.333 e. The molecule has 0 fully saturated rings. The second-order valence-corrected chi connectivity index (χ2v) is 2.55. The van der Waals surface area contributed by atoms with Gasteiger partial charge in [-0.2, -0.15) is 0 Å². The molecule has 0 unspecified atom stereocenters. The second-order valence-electron chi connectivity index (χ2n) is 2.55. The van der Waals surface area contributed by atoms with Crippen molar-refractivity contribution in [1.29, 1.82) is 0 Å². The molecule has 3 heteroatoms. The number of rotatable bonds is 4. The van der Waals surface area contributed by atoms with Crippen LogP contribution in [-0.2, 0) is 9.53 Å². The normalized spacial score (nSPS) is 11.0. The molecule has 0 saturated heterocycles. The summed E-state index contributed by atoms with van der Waals surface area (Å²) in [5, 5.41) is 8.73. The summed E-state index contributed by atoms with van der Waals surface area (Å²) in [6.07, 6.45) is 2.12. The average Bonchev–Trinajstić information content (AvgIpc) is 1.97. The first kappa shape index (κ1) is 10.8. The van der Waals surface area contributed by atoms with Gasteiger partial charge in [-0.15, -0.1) is 0 Å². The Labute approximate surface area is 72.3 Å². The van der Waals surface area contributed by atoms with Crippen molar-refractivity contribution in [3.63, 3.8) is 0 Å². The predicted molar refractivity (Wildman–Crippen MR) is 46.8 cm³/mol. The number of aliphatic hydroxyl groups is 1. The predicted octanol–water partition coefficient (Wildman–Crippen LogP) is 1.96. The molecule has 0 saturated carbocycles. The quantitative estimate of drug-likeness (QED) is 0.303. The molecule has 0 aliphatic carbocycles. The zero-order valence-electron chi connectivity index (χ0n) is 7.46. The van der Waals surface area contributed by atoms with Crippen molar-refractivity contribution in [2.24, 2.45) is 0 Å². The van der Waals surface area contributed by atoms with Crippen LogP contribution in [0.5, 0.6) is 0 Å². The molecule has 0 radical (unpaired) electrons. The van der Waals surface area contributed by atoms with Crippen LogP contribution >= 0.6 is 0 Å². The summed E-state index contributed by atoms with van der Waals surface area (Å²) in [7, 11) is 0. The summed E-state index contributed by atoms with van der Waals surface area (Å²) in [6.45, 7) is 6.87. The van der Waals surface area contributed by atoms with Crippen LogP contribution in [0, 0.1) is 0 Å². The minimum absolute atomic E-state index is 0.237. The Morgan fingerprint density at radius 3 is 2.58 bits per heavy atom. The molecule has 1 N–H and O–H groups in total. The molecule has 0 rings (SSSR count). The van der Waals surface area contributed by atoms with Crippen molar-refractivity contribution < 1.29 is 14.6 Å². The number of esters is 1. The molecule has 0 atom stereocenters. The summed E-state index contributed by atoms with van der Waals surface area (Å²) in [6, 6.07) is 0. The van der Waals surface area contributed by atoms with Crippen LogP contribution in [-0.4, -0.2) is 17.7 Å². The monoisotopic (exact) mass is 170 g/mol. The van der Waals surface area contributed by atoms with Crippen molar-refractivity contribution in [2.75, 3.05) is 6.61 Å². The van der Waals surface area contributed by atoms with Gasteiger partial charge >= 0.3 is 5.97 Å². The Balaban J connectivity index is 3.51. The third-order valence-electron chi connectivity index (χ3n) is 1.14. The van der Waals surface area contributed by atoms with Gasteiger partial charge in [0.25, 0.3) is 0 Å². The summed E-state index contributed by atoms with van der Waals surface area (Å²) in [4.78, 5) is 10.8. The van der Waals surface area contributed by atoms with Crippen LogP contribution in [0.25, 0.3) is 0 Å². The van der Waals surface area contributed by atoms with Crippen molar-refractivity contribution in [3.8, 4) is 0 Å². The van der Waals surface area contributed by atoms with Crippen molar-refractivity contribution >= 4 is 5.97 Å². The molecular weight excluding hydrogens is 156 g/mol. The fourth-order valence-corrected chi connectivity index (χ4v) is 0.543. The van der Waals surface area contributed by atoms with Gasteiger partial charge in [0, 0.05) is 12.0 Å². The van der Waals surface area contributed by atoms with Crippen LogP contribution in [0.2, 0.25) is 0 Å². The molecular formula is C9H14O3. The van der Waals surface area contributed by atoms with E-state index in [2.05, 4.69) is 6.58 Å². The average molecular weight is 170 g/mol. The van der Waals surface area contributed by atoms with Crippen molar-refractivity contribution in [3.05, 3.63) is 24.0 Å². The van der Waals surface area contributed by atoms with Gasteiger partial charge in [0.2, 0.25) is 0 Å². The fourth-order valence-electron chi connectivity index (χ4n) is 0.543. The van der Waals surface area contributed by atoms with Crippen LogP contribution in [0.4, 0.5) is 0 Å². The van der Waals surface area contributed by atoms with E-state index >= 15 is 0 Å². The Kier molecular flexibility index (Phi) is 4.84. The van der Waals surface area contributed by atoms with Crippen LogP contribution in [0.1, 0.15) is 20.3 Å². The molecule has 3 nitrogen and oxygen atoms in total. The van der Waals surface area contributed by atoms with E-state index in [4.69, 9.17) is 9.84 Å². The molecule has 0 aromatic heterocycles. The number of ether oxygens (including phenoxy) is 1. The lowest BCUT2D eigenvalue weighted by atomic mass is 10.3. The first-order valence-corrected chi connectivity index (χ1v) is 3.72. The van der Waals surface area contributed by atoms with E-state index in [0.717, 1.165) is 0 Å². The fraction of sp³-hybridized carbons (Fsp3) is 0.444. The maximum atomic E-state index is 10.8. The minimum atomic E-state index is -0.390. The van der Waals surface area contributed by atoms with E-state index in [1.165, 1.54) is 0 Å². The topological polar surface area (TPSA) is 46.5 Å². The Hall–Kier alpha value is -1.25. The zero-order chi connectivity index (χ0) is 9.56. The van der Waals surface area contributed by atoms with Gasteiger partial charge < -0.3 is 9.84 Å². The van der Waals surface area contributed by atoms with Crippen LogP contribution < -0.4 is 0 Å². The number of carbonyl (C=O) groups excluding carboxylic acids is 1. The molecule has 0 aromatic carbocycles. The molecule has 0 bridgehead atoms. The second kappa shape index (κ2) is 5.41. The zero-order valence-corrected chi connectivity index (χ0v) is 7.46. The maximum absolute atomic E-state index is 10.8. The van der Waals surface area contributed by atoms with Crippen LogP contribution in [0.3, 0.4) is 0 Å². The van der Waals surface area contributed by atoms with Crippen LogP contribution in [0.15, 0.2) is 24.0 Å². The van der Waals surface area contributed by atoms with E-state index in [1.54, 1.807) is 19.9 Å². The van der Waals surface area contributed by atoms with Gasteiger partial charge in [0.15, 0.2) is 0 Å².